The number of nitrogens with two attached hydrogens (primary N) is 1. The number of aromatic nitrogens is 2. The zero-order chi connectivity index (χ0) is 9.47. The van der Waals surface area contributed by atoms with E-state index in [0.717, 1.165) is 18.5 Å². The summed E-state index contributed by atoms with van der Waals surface area (Å²) in [4.78, 5) is 4.07. The maximum atomic E-state index is 9.32. The third-order valence-corrected chi connectivity index (χ3v) is 3.00. The summed E-state index contributed by atoms with van der Waals surface area (Å²) in [6, 6.07) is 0. The number of aliphatic hydroxyl groups excluding tert-OH is 1. The normalized spacial score (nSPS) is 33.0. The van der Waals surface area contributed by atoms with Crippen LogP contribution < -0.4 is 5.73 Å². The van der Waals surface area contributed by atoms with Gasteiger partial charge >= 0.3 is 0 Å². The van der Waals surface area contributed by atoms with Gasteiger partial charge in [0.1, 0.15) is 0 Å². The lowest BCUT2D eigenvalue weighted by Crippen LogP contribution is -2.50. The lowest BCUT2D eigenvalue weighted by atomic mass is 9.65. The molecule has 0 amide bonds. The topological polar surface area (TPSA) is 64.1 Å². The number of imidazole rings is 1. The number of hydrogen-bond donors (Lipinski definition) is 2. The van der Waals surface area contributed by atoms with Crippen molar-refractivity contribution < 1.29 is 5.11 Å². The average Bonchev–Trinajstić information content (AvgIpc) is 2.46. The van der Waals surface area contributed by atoms with Gasteiger partial charge in [-0.3, -0.25) is 0 Å². The van der Waals surface area contributed by atoms with Gasteiger partial charge in [0.05, 0.1) is 12.4 Å². The van der Waals surface area contributed by atoms with Gasteiger partial charge in [0.2, 0.25) is 0 Å². The van der Waals surface area contributed by atoms with Crippen LogP contribution in [-0.4, -0.2) is 27.3 Å². The van der Waals surface area contributed by atoms with Crippen LogP contribution in [0.4, 0.5) is 0 Å². The van der Waals surface area contributed by atoms with Gasteiger partial charge in [-0.25, -0.2) is 4.98 Å². The van der Waals surface area contributed by atoms with Crippen molar-refractivity contribution >= 4 is 0 Å². The monoisotopic (exact) mass is 181 g/mol. The lowest BCUT2D eigenvalue weighted by molar-refractivity contribution is 0.0187. The molecule has 0 spiro atoms. The van der Waals surface area contributed by atoms with E-state index in [1.165, 1.54) is 0 Å². The molecule has 1 aromatic rings. The van der Waals surface area contributed by atoms with E-state index in [-0.39, 0.29) is 11.5 Å². The summed E-state index contributed by atoms with van der Waals surface area (Å²) in [6.45, 7) is 0.587. The molecule has 2 rings (SSSR count). The zero-order valence-corrected chi connectivity index (χ0v) is 7.77. The summed E-state index contributed by atoms with van der Waals surface area (Å²) in [7, 11) is 1.96. The molecule has 1 heterocycles. The van der Waals surface area contributed by atoms with Crippen LogP contribution in [0.2, 0.25) is 0 Å². The van der Waals surface area contributed by atoms with Crippen molar-refractivity contribution in [3.8, 4) is 0 Å². The predicted molar refractivity (Wildman–Crippen MR) is 49.2 cm³/mol. The fourth-order valence-electron chi connectivity index (χ4n) is 2.19. The van der Waals surface area contributed by atoms with Gasteiger partial charge in [-0.2, -0.15) is 0 Å². The van der Waals surface area contributed by atoms with Crippen LogP contribution in [0.25, 0.3) is 0 Å². The van der Waals surface area contributed by atoms with Gasteiger partial charge in [0.25, 0.3) is 0 Å². The fourth-order valence-corrected chi connectivity index (χ4v) is 2.19. The molecule has 0 aromatic carbocycles. The van der Waals surface area contributed by atoms with Crippen LogP contribution in [0.1, 0.15) is 18.5 Å². The summed E-state index contributed by atoms with van der Waals surface area (Å²) in [6.07, 6.45) is 4.97. The molecule has 0 aliphatic heterocycles. The summed E-state index contributed by atoms with van der Waals surface area (Å²) in [5, 5.41) is 9.32. The largest absolute Gasteiger partial charge is 0.393 e. The van der Waals surface area contributed by atoms with Gasteiger partial charge in [-0.1, -0.05) is 0 Å². The highest BCUT2D eigenvalue weighted by molar-refractivity contribution is 5.21. The maximum absolute atomic E-state index is 9.32. The molecule has 0 saturated heterocycles. The Bertz CT molecular complexity index is 302. The van der Waals surface area contributed by atoms with Crippen LogP contribution in [0.3, 0.4) is 0 Å². The standard InChI is InChI=1S/C9H15N3O/c1-12-6-11-4-8(12)9(5-10)2-7(13)3-9/h4,6-7,13H,2-3,5,10H2,1H3. The molecule has 0 atom stereocenters. The molecule has 1 aliphatic carbocycles. The minimum atomic E-state index is -0.182. The molecule has 0 bridgehead atoms. The van der Waals surface area contributed by atoms with Crippen LogP contribution in [0.15, 0.2) is 12.5 Å². The van der Waals surface area contributed by atoms with E-state index >= 15 is 0 Å². The summed E-state index contributed by atoms with van der Waals surface area (Å²) >= 11 is 0. The zero-order valence-electron chi connectivity index (χ0n) is 7.77. The van der Waals surface area contributed by atoms with E-state index in [1.807, 2.05) is 17.8 Å². The Hall–Kier alpha value is -0.870. The molecular weight excluding hydrogens is 166 g/mol. The van der Waals surface area contributed by atoms with Crippen LogP contribution in [0, 0.1) is 0 Å². The second-order valence-electron chi connectivity index (χ2n) is 3.94. The highest BCUT2D eigenvalue weighted by Crippen LogP contribution is 2.42. The molecule has 1 fully saturated rings. The maximum Gasteiger partial charge on any atom is 0.0945 e. The van der Waals surface area contributed by atoms with Crippen molar-refractivity contribution in [3.63, 3.8) is 0 Å². The van der Waals surface area contributed by atoms with Gasteiger partial charge in [0.15, 0.2) is 0 Å². The first-order valence-electron chi connectivity index (χ1n) is 4.53. The fraction of sp³-hybridized carbons (Fsp3) is 0.667. The Morgan fingerprint density at radius 3 is 2.85 bits per heavy atom. The minimum absolute atomic E-state index is 0.0231. The Morgan fingerprint density at radius 2 is 2.46 bits per heavy atom. The van der Waals surface area contributed by atoms with Crippen molar-refractivity contribution in [2.24, 2.45) is 12.8 Å². The van der Waals surface area contributed by atoms with Gasteiger partial charge in [0, 0.05) is 30.9 Å². The number of hydrogen-bond acceptors (Lipinski definition) is 3. The third kappa shape index (κ3) is 1.17. The first-order chi connectivity index (χ1) is 6.18. The van der Waals surface area contributed by atoms with Crippen LogP contribution >= 0.6 is 0 Å². The van der Waals surface area contributed by atoms with Gasteiger partial charge in [-0.05, 0) is 12.8 Å². The Kier molecular flexibility index (Phi) is 1.89. The summed E-state index contributed by atoms with van der Waals surface area (Å²) in [5.41, 5.74) is 6.85. The molecule has 3 N–H and O–H groups in total. The lowest BCUT2D eigenvalue weighted by Gasteiger charge is -2.44. The average molecular weight is 181 g/mol. The van der Waals surface area contributed by atoms with Crippen LogP contribution in [-0.2, 0) is 12.5 Å². The van der Waals surface area contributed by atoms with Gasteiger partial charge < -0.3 is 15.4 Å². The Labute approximate surface area is 77.4 Å². The SMILES string of the molecule is Cn1cncc1C1(CN)CC(O)C1. The first kappa shape index (κ1) is 8.72. The molecule has 1 aliphatic rings. The number of rotatable bonds is 2. The molecule has 4 heteroatoms. The van der Waals surface area contributed by atoms with E-state index in [4.69, 9.17) is 5.73 Å². The van der Waals surface area contributed by atoms with Gasteiger partial charge in [-0.15, -0.1) is 0 Å². The second-order valence-corrected chi connectivity index (χ2v) is 3.94. The second kappa shape index (κ2) is 2.82. The van der Waals surface area contributed by atoms with Crippen molar-refractivity contribution in [1.82, 2.24) is 9.55 Å². The van der Waals surface area contributed by atoms with E-state index in [1.54, 1.807) is 6.33 Å². The Morgan fingerprint density at radius 1 is 1.77 bits per heavy atom. The molecule has 72 valence electrons. The van der Waals surface area contributed by atoms with E-state index in [9.17, 15) is 5.11 Å². The number of aliphatic hydroxyl groups is 1. The third-order valence-electron chi connectivity index (χ3n) is 3.00. The quantitative estimate of drug-likeness (QED) is 0.662. The van der Waals surface area contributed by atoms with E-state index < -0.39 is 0 Å². The molecule has 0 radical (unpaired) electrons. The first-order valence-corrected chi connectivity index (χ1v) is 4.53. The highest BCUT2D eigenvalue weighted by atomic mass is 16.3. The molecule has 0 unspecified atom stereocenters. The van der Waals surface area contributed by atoms with E-state index in [0.29, 0.717) is 6.54 Å². The number of aryl methyl sites for hydroxylation is 1. The Balaban J connectivity index is 2.28. The van der Waals surface area contributed by atoms with Crippen LogP contribution in [0.5, 0.6) is 0 Å². The molecule has 4 nitrogen and oxygen atoms in total. The molecule has 1 aromatic heterocycles. The highest BCUT2D eigenvalue weighted by Gasteiger charge is 2.45. The smallest absolute Gasteiger partial charge is 0.0945 e. The summed E-state index contributed by atoms with van der Waals surface area (Å²) in [5.74, 6) is 0. The molecule has 13 heavy (non-hydrogen) atoms. The van der Waals surface area contributed by atoms with Crippen molar-refractivity contribution in [3.05, 3.63) is 18.2 Å². The minimum Gasteiger partial charge on any atom is -0.393 e. The molecular formula is C9H15N3O. The molecule has 1 saturated carbocycles. The van der Waals surface area contributed by atoms with Crippen molar-refractivity contribution in [2.45, 2.75) is 24.4 Å². The summed E-state index contributed by atoms with van der Waals surface area (Å²) < 4.78 is 1.98. The van der Waals surface area contributed by atoms with Crippen molar-refractivity contribution in [2.75, 3.05) is 6.54 Å². The van der Waals surface area contributed by atoms with E-state index in [2.05, 4.69) is 4.98 Å². The van der Waals surface area contributed by atoms with Crippen molar-refractivity contribution in [1.29, 1.82) is 0 Å². The number of nitrogens with zero attached hydrogens (tertiary/aromatic N) is 2. The predicted octanol–water partition coefficient (Wildman–Crippen LogP) is -0.229.